The molecule has 3 fully saturated rings. The normalized spacial score (nSPS) is 39.1. The Labute approximate surface area is 224 Å². The fourth-order valence-corrected chi connectivity index (χ4v) is 11.8. The Morgan fingerprint density at radius 1 is 1.19 bits per heavy atom. The van der Waals surface area contributed by atoms with Crippen LogP contribution in [0.4, 0.5) is 0 Å². The Morgan fingerprint density at radius 3 is 2.62 bits per heavy atom. The van der Waals surface area contributed by atoms with Crippen molar-refractivity contribution in [1.29, 1.82) is 0 Å². The molecule has 1 aromatic rings. The maximum absolute atomic E-state index is 7.22. The van der Waals surface area contributed by atoms with Crippen LogP contribution in [0, 0.1) is 12.3 Å². The van der Waals surface area contributed by atoms with Gasteiger partial charge in [-0.1, -0.05) is 57.6 Å². The van der Waals surface area contributed by atoms with Gasteiger partial charge in [-0.25, -0.2) is 0 Å². The standard InChI is InChI=1S/C32H46O4Si/c1-10-17-34-31-16-15-29(6)30(31,14-11-18-33-7)20-25(36-29)32-22-13-12-21(2)27(37(8,9)28(3,4)5)26(22)23(35-32)19-24(31)32/h10,12-13,19,23,25H,1,11,14-18,20H2,2-9H3/t23?,25-,29?,30+,31-,32-/m0/s1. The van der Waals surface area contributed by atoms with E-state index in [1.165, 1.54) is 22.3 Å². The van der Waals surface area contributed by atoms with Gasteiger partial charge in [-0.2, -0.15) is 0 Å². The van der Waals surface area contributed by atoms with Crippen LogP contribution in [-0.4, -0.2) is 45.7 Å². The molecule has 1 saturated heterocycles. The number of rotatable bonds is 8. The molecule has 0 aromatic heterocycles. The first-order valence-electron chi connectivity index (χ1n) is 14.3. The van der Waals surface area contributed by atoms with Crippen molar-refractivity contribution in [2.24, 2.45) is 5.41 Å². The topological polar surface area (TPSA) is 36.9 Å². The lowest BCUT2D eigenvalue weighted by atomic mass is 9.52. The summed E-state index contributed by atoms with van der Waals surface area (Å²) in [7, 11) is -0.0193. The van der Waals surface area contributed by atoms with Crippen LogP contribution in [0.1, 0.15) is 82.6 Å². The first kappa shape index (κ1) is 26.0. The Hall–Kier alpha value is -1.24. The van der Waals surface area contributed by atoms with Crippen molar-refractivity contribution in [3.63, 3.8) is 0 Å². The highest BCUT2D eigenvalue weighted by molar-refractivity contribution is 6.92. The van der Waals surface area contributed by atoms with Gasteiger partial charge < -0.3 is 18.9 Å². The minimum Gasteiger partial charge on any atom is -0.385 e. The molecule has 202 valence electrons. The third-order valence-corrected chi connectivity index (χ3v) is 17.3. The van der Waals surface area contributed by atoms with Crippen molar-refractivity contribution in [3.8, 4) is 0 Å². The Balaban J connectivity index is 1.57. The molecule has 2 unspecified atom stereocenters. The zero-order valence-electron chi connectivity index (χ0n) is 24.3. The van der Waals surface area contributed by atoms with Gasteiger partial charge in [-0.15, -0.1) is 6.58 Å². The molecule has 2 aliphatic carbocycles. The van der Waals surface area contributed by atoms with Crippen LogP contribution in [0.3, 0.4) is 0 Å². The van der Waals surface area contributed by atoms with Gasteiger partial charge in [0.2, 0.25) is 0 Å². The molecular formula is C32H46O4Si. The maximum Gasteiger partial charge on any atom is 0.145 e. The van der Waals surface area contributed by atoms with Crippen LogP contribution in [0.25, 0.3) is 0 Å². The Morgan fingerprint density at radius 2 is 1.95 bits per heavy atom. The quantitative estimate of drug-likeness (QED) is 0.218. The van der Waals surface area contributed by atoms with Crippen LogP contribution in [-0.2, 0) is 24.5 Å². The second kappa shape index (κ2) is 7.91. The van der Waals surface area contributed by atoms with E-state index >= 15 is 0 Å². The molecule has 5 heteroatoms. The summed E-state index contributed by atoms with van der Waals surface area (Å²) in [5.41, 5.74) is 4.30. The summed E-state index contributed by atoms with van der Waals surface area (Å²) in [5, 5.41) is 1.83. The Kier molecular flexibility index (Phi) is 5.56. The molecule has 1 spiro atoms. The summed E-state index contributed by atoms with van der Waals surface area (Å²) < 4.78 is 27.0. The van der Waals surface area contributed by atoms with Crippen molar-refractivity contribution >= 4 is 13.3 Å². The number of hydrogen-bond acceptors (Lipinski definition) is 4. The van der Waals surface area contributed by atoms with Gasteiger partial charge in [-0.3, -0.25) is 0 Å². The highest BCUT2D eigenvalue weighted by Crippen LogP contribution is 2.78. The molecule has 5 aliphatic rings. The molecule has 6 atom stereocenters. The van der Waals surface area contributed by atoms with Crippen LogP contribution >= 0.6 is 0 Å². The average molecular weight is 523 g/mol. The lowest BCUT2D eigenvalue weighted by molar-refractivity contribution is -0.156. The predicted molar refractivity (Wildman–Crippen MR) is 151 cm³/mol. The zero-order chi connectivity index (χ0) is 26.6. The van der Waals surface area contributed by atoms with Crippen molar-refractivity contribution in [3.05, 3.63) is 53.1 Å². The van der Waals surface area contributed by atoms with Crippen LogP contribution in [0.5, 0.6) is 0 Å². The van der Waals surface area contributed by atoms with Gasteiger partial charge in [-0.05, 0) is 79.0 Å². The first-order valence-corrected chi connectivity index (χ1v) is 17.3. The molecule has 0 amide bonds. The van der Waals surface area contributed by atoms with E-state index in [0.29, 0.717) is 6.61 Å². The lowest BCUT2D eigenvalue weighted by Gasteiger charge is -2.55. The summed E-state index contributed by atoms with van der Waals surface area (Å²) in [6.45, 7) is 22.3. The minimum absolute atomic E-state index is 0.00766. The smallest absolute Gasteiger partial charge is 0.145 e. The van der Waals surface area contributed by atoms with Crippen molar-refractivity contribution in [2.75, 3.05) is 20.3 Å². The van der Waals surface area contributed by atoms with Crippen LogP contribution < -0.4 is 5.19 Å². The third kappa shape index (κ3) is 2.88. The Bertz CT molecular complexity index is 1180. The van der Waals surface area contributed by atoms with Crippen LogP contribution in [0.15, 0.2) is 36.4 Å². The molecule has 37 heavy (non-hydrogen) atoms. The molecule has 3 aliphatic heterocycles. The highest BCUT2D eigenvalue weighted by Gasteiger charge is 2.82. The molecule has 2 saturated carbocycles. The van der Waals surface area contributed by atoms with Crippen molar-refractivity contribution < 1.29 is 18.9 Å². The largest absolute Gasteiger partial charge is 0.385 e. The van der Waals surface area contributed by atoms with Gasteiger partial charge >= 0.3 is 0 Å². The number of benzene rings is 1. The molecule has 4 bridgehead atoms. The molecule has 3 heterocycles. The number of hydrogen-bond donors (Lipinski definition) is 0. The van der Waals surface area contributed by atoms with E-state index in [2.05, 4.69) is 72.5 Å². The van der Waals surface area contributed by atoms with E-state index in [1.807, 2.05) is 6.08 Å². The van der Waals surface area contributed by atoms with Crippen LogP contribution in [0.2, 0.25) is 18.1 Å². The average Bonchev–Trinajstić information content (AvgIpc) is 3.51. The van der Waals surface area contributed by atoms with E-state index in [9.17, 15) is 0 Å². The second-order valence-corrected chi connectivity index (χ2v) is 19.3. The third-order valence-electron chi connectivity index (χ3n) is 11.6. The summed E-state index contributed by atoms with van der Waals surface area (Å²) in [5.74, 6) is 0. The number of fused-ring (bicyclic) bond motifs is 5. The monoisotopic (exact) mass is 522 g/mol. The molecule has 0 N–H and O–H groups in total. The summed E-state index contributed by atoms with van der Waals surface area (Å²) in [4.78, 5) is 0. The fraction of sp³-hybridized carbons (Fsp3) is 0.688. The number of methoxy groups -OCH3 is 1. The minimum atomic E-state index is -1.82. The van der Waals surface area contributed by atoms with E-state index in [-0.39, 0.29) is 28.3 Å². The number of aryl methyl sites for hydroxylation is 1. The van der Waals surface area contributed by atoms with Crippen molar-refractivity contribution in [2.45, 2.75) is 114 Å². The van der Waals surface area contributed by atoms with Gasteiger partial charge in [0.05, 0.1) is 26.4 Å². The SMILES string of the molecule is C=CCO[C@]12CCC3(C)O[C@@H](C[C@]31CCCOC)[C@@]13OC(C=C12)c1c3ccc(C)c1[Si](C)(C)C(C)(C)C. The number of ether oxygens (including phenoxy) is 4. The van der Waals surface area contributed by atoms with E-state index in [0.717, 1.165) is 38.7 Å². The molecule has 6 rings (SSSR count). The molecule has 0 radical (unpaired) electrons. The highest BCUT2D eigenvalue weighted by atomic mass is 28.3. The summed E-state index contributed by atoms with van der Waals surface area (Å²) in [6, 6.07) is 4.73. The van der Waals surface area contributed by atoms with Gasteiger partial charge in [0.1, 0.15) is 17.3 Å². The zero-order valence-corrected chi connectivity index (χ0v) is 25.3. The molecule has 1 aromatic carbocycles. The summed E-state index contributed by atoms with van der Waals surface area (Å²) in [6.07, 6.45) is 9.37. The van der Waals surface area contributed by atoms with Gasteiger partial charge in [0, 0.05) is 19.1 Å². The first-order chi connectivity index (χ1) is 17.4. The lowest BCUT2D eigenvalue weighted by Crippen LogP contribution is -2.61. The molecule has 4 nitrogen and oxygen atoms in total. The summed E-state index contributed by atoms with van der Waals surface area (Å²) >= 11 is 0. The van der Waals surface area contributed by atoms with Gasteiger partial charge in [0.15, 0.2) is 0 Å². The second-order valence-electron chi connectivity index (χ2n) is 14.1. The van der Waals surface area contributed by atoms with Gasteiger partial charge in [0.25, 0.3) is 0 Å². The van der Waals surface area contributed by atoms with E-state index in [1.54, 1.807) is 12.3 Å². The maximum atomic E-state index is 7.22. The molecular weight excluding hydrogens is 476 g/mol. The fourth-order valence-electron chi connectivity index (χ4n) is 9.07. The van der Waals surface area contributed by atoms with E-state index in [4.69, 9.17) is 18.9 Å². The van der Waals surface area contributed by atoms with E-state index < -0.39 is 19.3 Å². The van der Waals surface area contributed by atoms with Crippen molar-refractivity contribution in [1.82, 2.24) is 0 Å². The predicted octanol–water partition coefficient (Wildman–Crippen LogP) is 6.63.